The van der Waals surface area contributed by atoms with E-state index in [9.17, 15) is 9.59 Å². The van der Waals surface area contributed by atoms with Crippen LogP contribution in [0.5, 0.6) is 0 Å². The summed E-state index contributed by atoms with van der Waals surface area (Å²) >= 11 is 1.63. The number of nitrogens with zero attached hydrogens (tertiary/aromatic N) is 1. The summed E-state index contributed by atoms with van der Waals surface area (Å²) in [6.07, 6.45) is 1.53. The lowest BCUT2D eigenvalue weighted by atomic mass is 10.1. The standard InChI is InChI=1S/C17H27N3O2S/c1-13-12-15(14(2)23-13)16(21)4-5-17(22)19-6-3-9-20-10-7-18-8-11-20/h12,18H,3-11H2,1-2H3,(H,19,22). The highest BCUT2D eigenvalue weighted by atomic mass is 32.1. The maximum Gasteiger partial charge on any atom is 0.220 e. The van der Waals surface area contributed by atoms with Crippen LogP contribution in [0.1, 0.15) is 39.4 Å². The third kappa shape index (κ3) is 6.05. The lowest BCUT2D eigenvalue weighted by molar-refractivity contribution is -0.121. The molecule has 1 fully saturated rings. The van der Waals surface area contributed by atoms with Gasteiger partial charge in [-0.15, -0.1) is 11.3 Å². The lowest BCUT2D eigenvalue weighted by Gasteiger charge is -2.27. The summed E-state index contributed by atoms with van der Waals surface area (Å²) in [6, 6.07) is 1.92. The second-order valence-electron chi connectivity index (χ2n) is 6.05. The van der Waals surface area contributed by atoms with Crippen LogP contribution in [-0.2, 0) is 4.79 Å². The molecule has 1 aliphatic heterocycles. The minimum absolute atomic E-state index is 0.0248. The van der Waals surface area contributed by atoms with E-state index in [0.717, 1.165) is 54.5 Å². The third-order valence-corrected chi connectivity index (χ3v) is 5.07. The maximum absolute atomic E-state index is 12.1. The van der Waals surface area contributed by atoms with Crippen LogP contribution in [-0.4, -0.2) is 55.9 Å². The Hall–Kier alpha value is -1.24. The van der Waals surface area contributed by atoms with Crippen molar-refractivity contribution in [3.63, 3.8) is 0 Å². The van der Waals surface area contributed by atoms with Crippen LogP contribution in [0.4, 0.5) is 0 Å². The Labute approximate surface area is 142 Å². The summed E-state index contributed by atoms with van der Waals surface area (Å²) < 4.78 is 0. The van der Waals surface area contributed by atoms with Crippen LogP contribution in [0.15, 0.2) is 6.07 Å². The van der Waals surface area contributed by atoms with E-state index < -0.39 is 0 Å². The highest BCUT2D eigenvalue weighted by molar-refractivity contribution is 7.12. The second-order valence-corrected chi connectivity index (χ2v) is 7.51. The van der Waals surface area contributed by atoms with Gasteiger partial charge in [0.05, 0.1) is 0 Å². The molecule has 0 unspecified atom stereocenters. The average Bonchev–Trinajstić information content (AvgIpc) is 2.89. The van der Waals surface area contributed by atoms with Gasteiger partial charge in [0.1, 0.15) is 0 Å². The number of piperazine rings is 1. The summed E-state index contributed by atoms with van der Waals surface area (Å²) in [6.45, 7) is 9.94. The number of hydrogen-bond donors (Lipinski definition) is 2. The number of Topliss-reactive ketones (excluding diaryl/α,β-unsaturated/α-hetero) is 1. The molecule has 0 aromatic carbocycles. The first-order chi connectivity index (χ1) is 11.1. The van der Waals surface area contributed by atoms with Gasteiger partial charge in [-0.05, 0) is 32.9 Å². The number of rotatable bonds is 8. The molecule has 5 nitrogen and oxygen atoms in total. The van der Waals surface area contributed by atoms with E-state index in [-0.39, 0.29) is 18.1 Å². The Kier molecular flexibility index (Phi) is 7.20. The van der Waals surface area contributed by atoms with Gasteiger partial charge in [-0.25, -0.2) is 0 Å². The van der Waals surface area contributed by atoms with E-state index in [2.05, 4.69) is 15.5 Å². The summed E-state index contributed by atoms with van der Waals surface area (Å²) in [5, 5.41) is 6.24. The Balaban J connectivity index is 1.59. The highest BCUT2D eigenvalue weighted by Crippen LogP contribution is 2.22. The largest absolute Gasteiger partial charge is 0.356 e. The molecule has 2 rings (SSSR count). The number of aryl methyl sites for hydroxylation is 2. The maximum atomic E-state index is 12.1. The van der Waals surface area contributed by atoms with Gasteiger partial charge < -0.3 is 15.5 Å². The van der Waals surface area contributed by atoms with Crippen molar-refractivity contribution in [2.24, 2.45) is 0 Å². The minimum atomic E-state index is -0.0248. The van der Waals surface area contributed by atoms with Crippen molar-refractivity contribution in [3.05, 3.63) is 21.4 Å². The van der Waals surface area contributed by atoms with Crippen molar-refractivity contribution >= 4 is 23.0 Å². The summed E-state index contributed by atoms with van der Waals surface area (Å²) in [4.78, 5) is 28.6. The summed E-state index contributed by atoms with van der Waals surface area (Å²) in [5.74, 6) is 0.0473. The number of amides is 1. The fourth-order valence-corrected chi connectivity index (χ4v) is 3.77. The number of hydrogen-bond acceptors (Lipinski definition) is 5. The average molecular weight is 337 g/mol. The summed E-state index contributed by atoms with van der Waals surface area (Å²) in [7, 11) is 0. The first-order valence-corrected chi connectivity index (χ1v) is 9.18. The van der Waals surface area contributed by atoms with Crippen molar-refractivity contribution < 1.29 is 9.59 Å². The minimum Gasteiger partial charge on any atom is -0.356 e. The molecule has 0 saturated carbocycles. The lowest BCUT2D eigenvalue weighted by Crippen LogP contribution is -2.44. The van der Waals surface area contributed by atoms with Crippen LogP contribution in [0.3, 0.4) is 0 Å². The predicted molar refractivity (Wildman–Crippen MR) is 94.3 cm³/mol. The number of carbonyl (C=O) groups excluding carboxylic acids is 2. The fourth-order valence-electron chi connectivity index (χ4n) is 2.82. The fraction of sp³-hybridized carbons (Fsp3) is 0.647. The van der Waals surface area contributed by atoms with Crippen molar-refractivity contribution in [3.8, 4) is 0 Å². The normalized spacial score (nSPS) is 15.6. The topological polar surface area (TPSA) is 61.4 Å². The molecule has 1 aromatic heterocycles. The molecule has 0 bridgehead atoms. The number of thiophene rings is 1. The predicted octanol–water partition coefficient (Wildman–Crippen LogP) is 1.74. The van der Waals surface area contributed by atoms with Crippen LogP contribution in [0.2, 0.25) is 0 Å². The van der Waals surface area contributed by atoms with Gasteiger partial charge in [-0.1, -0.05) is 0 Å². The van der Waals surface area contributed by atoms with E-state index in [4.69, 9.17) is 0 Å². The van der Waals surface area contributed by atoms with Crippen molar-refractivity contribution in [2.75, 3.05) is 39.3 Å². The zero-order valence-electron chi connectivity index (χ0n) is 14.1. The monoisotopic (exact) mass is 337 g/mol. The molecule has 1 amide bonds. The molecule has 23 heavy (non-hydrogen) atoms. The number of nitrogens with one attached hydrogen (secondary N) is 2. The van der Waals surface area contributed by atoms with Crippen LogP contribution in [0, 0.1) is 13.8 Å². The van der Waals surface area contributed by atoms with Crippen molar-refractivity contribution in [1.29, 1.82) is 0 Å². The quantitative estimate of drug-likeness (QED) is 0.560. The van der Waals surface area contributed by atoms with E-state index in [0.29, 0.717) is 13.0 Å². The molecule has 0 spiro atoms. The number of carbonyl (C=O) groups is 2. The van der Waals surface area contributed by atoms with E-state index in [1.165, 1.54) is 0 Å². The molecule has 128 valence electrons. The van der Waals surface area contributed by atoms with Gasteiger partial charge >= 0.3 is 0 Å². The van der Waals surface area contributed by atoms with Crippen LogP contribution < -0.4 is 10.6 Å². The molecular weight excluding hydrogens is 310 g/mol. The molecule has 1 saturated heterocycles. The van der Waals surface area contributed by atoms with Gasteiger partial charge in [0.15, 0.2) is 5.78 Å². The molecule has 2 heterocycles. The Morgan fingerprint density at radius 2 is 2.00 bits per heavy atom. The zero-order valence-corrected chi connectivity index (χ0v) is 14.9. The molecular formula is C17H27N3O2S. The smallest absolute Gasteiger partial charge is 0.220 e. The second kappa shape index (κ2) is 9.15. The first-order valence-electron chi connectivity index (χ1n) is 8.36. The Bertz CT molecular complexity index is 536. The van der Waals surface area contributed by atoms with Crippen LogP contribution >= 0.6 is 11.3 Å². The van der Waals surface area contributed by atoms with Gasteiger partial charge in [0.2, 0.25) is 5.91 Å². The molecule has 1 aliphatic rings. The van der Waals surface area contributed by atoms with Gasteiger partial charge in [-0.2, -0.15) is 0 Å². The molecule has 0 radical (unpaired) electrons. The van der Waals surface area contributed by atoms with Gasteiger partial charge in [-0.3, -0.25) is 9.59 Å². The van der Waals surface area contributed by atoms with Crippen molar-refractivity contribution in [2.45, 2.75) is 33.1 Å². The molecule has 2 N–H and O–H groups in total. The van der Waals surface area contributed by atoms with Gasteiger partial charge in [0, 0.05) is 60.9 Å². The molecule has 0 aliphatic carbocycles. The van der Waals surface area contributed by atoms with Gasteiger partial charge in [0.25, 0.3) is 0 Å². The van der Waals surface area contributed by atoms with Crippen LogP contribution in [0.25, 0.3) is 0 Å². The molecule has 1 aromatic rings. The number of ketones is 1. The Morgan fingerprint density at radius 3 is 2.65 bits per heavy atom. The SMILES string of the molecule is Cc1cc(C(=O)CCC(=O)NCCCN2CCNCC2)c(C)s1. The molecule has 6 heteroatoms. The Morgan fingerprint density at radius 1 is 1.26 bits per heavy atom. The third-order valence-electron chi connectivity index (χ3n) is 4.10. The van der Waals surface area contributed by atoms with E-state index in [1.54, 1.807) is 11.3 Å². The van der Waals surface area contributed by atoms with E-state index in [1.807, 2.05) is 19.9 Å². The van der Waals surface area contributed by atoms with Crippen molar-refractivity contribution in [1.82, 2.24) is 15.5 Å². The highest BCUT2D eigenvalue weighted by Gasteiger charge is 2.14. The zero-order chi connectivity index (χ0) is 16.7. The first kappa shape index (κ1) is 18.1. The molecule has 0 atom stereocenters. The van der Waals surface area contributed by atoms with E-state index >= 15 is 0 Å². The summed E-state index contributed by atoms with van der Waals surface area (Å²) in [5.41, 5.74) is 0.777.